The maximum atomic E-state index is 14.5. The minimum Gasteiger partial charge on any atom is -0.504 e. The van der Waals surface area contributed by atoms with Gasteiger partial charge in [0.25, 0.3) is 0 Å². The number of carbonyl (C=O) groups is 3. The first-order valence-corrected chi connectivity index (χ1v) is 16.0. The molecule has 1 aromatic rings. The van der Waals surface area contributed by atoms with Crippen molar-refractivity contribution in [2.75, 3.05) is 6.54 Å². The van der Waals surface area contributed by atoms with E-state index >= 15 is 0 Å². The summed E-state index contributed by atoms with van der Waals surface area (Å²) in [6.07, 6.45) is 8.67. The van der Waals surface area contributed by atoms with Crippen molar-refractivity contribution in [3.8, 4) is 11.5 Å². The number of nitrogens with one attached hydrogen (secondary N) is 1. The number of likely N-dealkylation sites (tertiary alicyclic amines) is 1. The molecule has 6 rings (SSSR count). The molecular formula is C34H48N2O6. The number of ether oxygens (including phenoxy) is 1. The van der Waals surface area contributed by atoms with Gasteiger partial charge in [-0.05, 0) is 78.9 Å². The van der Waals surface area contributed by atoms with Crippen LogP contribution in [0.4, 0.5) is 0 Å². The number of hydrogen-bond acceptors (Lipinski definition) is 6. The maximum absolute atomic E-state index is 14.5. The average molecular weight is 581 g/mol. The molecule has 4 saturated carbocycles. The van der Waals surface area contributed by atoms with Crippen molar-refractivity contribution in [3.63, 3.8) is 0 Å². The third kappa shape index (κ3) is 4.41. The van der Waals surface area contributed by atoms with Gasteiger partial charge in [0.05, 0.1) is 6.42 Å². The van der Waals surface area contributed by atoms with Crippen LogP contribution < -0.4 is 5.32 Å². The van der Waals surface area contributed by atoms with E-state index in [1.165, 1.54) is 18.6 Å². The van der Waals surface area contributed by atoms with Crippen molar-refractivity contribution in [2.45, 2.75) is 117 Å². The van der Waals surface area contributed by atoms with Gasteiger partial charge in [0.15, 0.2) is 11.5 Å². The van der Waals surface area contributed by atoms with E-state index in [0.29, 0.717) is 18.0 Å². The number of benzene rings is 1. The summed E-state index contributed by atoms with van der Waals surface area (Å²) < 4.78 is 6.40. The van der Waals surface area contributed by atoms with Gasteiger partial charge in [-0.15, -0.1) is 0 Å². The second-order valence-electron chi connectivity index (χ2n) is 15.5. The number of hydrogen-bond donors (Lipinski definition) is 3. The van der Waals surface area contributed by atoms with Crippen molar-refractivity contribution in [3.05, 3.63) is 23.8 Å². The van der Waals surface area contributed by atoms with Crippen LogP contribution in [0.2, 0.25) is 0 Å². The Labute approximate surface area is 249 Å². The Bertz CT molecular complexity index is 1290. The Kier molecular flexibility index (Phi) is 6.90. The van der Waals surface area contributed by atoms with Gasteiger partial charge in [-0.1, -0.05) is 59.9 Å². The van der Waals surface area contributed by atoms with Crippen molar-refractivity contribution in [1.82, 2.24) is 10.2 Å². The number of esters is 1. The molecule has 3 N–H and O–H groups in total. The molecule has 230 valence electrons. The summed E-state index contributed by atoms with van der Waals surface area (Å²) in [5, 5.41) is 22.6. The van der Waals surface area contributed by atoms with E-state index < -0.39 is 12.1 Å². The van der Waals surface area contributed by atoms with Crippen LogP contribution in [-0.4, -0.2) is 57.6 Å². The fraction of sp³-hybridized carbons (Fsp3) is 0.735. The van der Waals surface area contributed by atoms with Crippen molar-refractivity contribution in [2.24, 2.45) is 33.5 Å². The van der Waals surface area contributed by atoms with E-state index in [1.807, 2.05) is 0 Å². The van der Waals surface area contributed by atoms with Crippen LogP contribution in [0.1, 0.15) is 98.0 Å². The van der Waals surface area contributed by atoms with E-state index in [0.717, 1.165) is 51.4 Å². The molecule has 0 aromatic heterocycles. The second kappa shape index (κ2) is 9.88. The van der Waals surface area contributed by atoms with Gasteiger partial charge < -0.3 is 25.2 Å². The molecule has 7 atom stereocenters. The summed E-state index contributed by atoms with van der Waals surface area (Å²) in [7, 11) is 0. The Hall–Kier alpha value is -2.77. The van der Waals surface area contributed by atoms with E-state index in [4.69, 9.17) is 4.74 Å². The largest absolute Gasteiger partial charge is 0.504 e. The van der Waals surface area contributed by atoms with Crippen molar-refractivity contribution >= 4 is 17.8 Å². The summed E-state index contributed by atoms with van der Waals surface area (Å²) in [6.45, 7) is 11.6. The van der Waals surface area contributed by atoms with E-state index in [-0.39, 0.29) is 69.4 Å². The lowest BCUT2D eigenvalue weighted by molar-refractivity contribution is -0.168. The molecule has 1 aliphatic heterocycles. The highest BCUT2D eigenvalue weighted by molar-refractivity contribution is 5.93. The zero-order chi connectivity index (χ0) is 30.2. The number of phenolic OH excluding ortho intramolecular Hbond substituents is 2. The smallest absolute Gasteiger partial charge is 0.329 e. The van der Waals surface area contributed by atoms with Crippen molar-refractivity contribution < 1.29 is 29.3 Å². The molecule has 0 spiro atoms. The summed E-state index contributed by atoms with van der Waals surface area (Å²) in [5.74, 6) is -0.762. The minimum absolute atomic E-state index is 0.00269. The third-order valence-electron chi connectivity index (χ3n) is 13.0. The van der Waals surface area contributed by atoms with Crippen LogP contribution >= 0.6 is 0 Å². The molecule has 0 radical (unpaired) electrons. The number of carbonyl (C=O) groups excluding carboxylic acids is 3. The zero-order valence-electron chi connectivity index (χ0n) is 25.9. The number of piperidine rings is 1. The number of rotatable bonds is 7. The highest BCUT2D eigenvalue weighted by atomic mass is 16.5. The van der Waals surface area contributed by atoms with Gasteiger partial charge in [-0.25, -0.2) is 4.79 Å². The highest BCUT2D eigenvalue weighted by Crippen LogP contribution is 2.71. The van der Waals surface area contributed by atoms with Gasteiger partial charge in [0.1, 0.15) is 18.2 Å². The third-order valence-corrected chi connectivity index (χ3v) is 13.0. The number of aromatic hydroxyl groups is 2. The number of amides is 2. The fourth-order valence-electron chi connectivity index (χ4n) is 9.46. The number of fused-ring (bicyclic) bond motifs is 3. The molecular weight excluding hydrogens is 532 g/mol. The molecule has 5 aliphatic rings. The van der Waals surface area contributed by atoms with Crippen LogP contribution in [0.25, 0.3) is 0 Å². The zero-order valence-corrected chi connectivity index (χ0v) is 25.9. The Morgan fingerprint density at radius 3 is 2.33 bits per heavy atom. The van der Waals surface area contributed by atoms with Crippen LogP contribution in [0.3, 0.4) is 0 Å². The van der Waals surface area contributed by atoms with Crippen molar-refractivity contribution in [1.29, 1.82) is 0 Å². The normalized spacial score (nSPS) is 37.3. The highest BCUT2D eigenvalue weighted by Gasteiger charge is 2.75. The molecule has 6 unspecified atom stereocenters. The first-order valence-electron chi connectivity index (χ1n) is 16.0. The molecule has 2 bridgehead atoms. The van der Waals surface area contributed by atoms with Gasteiger partial charge in [0, 0.05) is 17.4 Å². The molecule has 5 fully saturated rings. The lowest BCUT2D eigenvalue weighted by atomic mass is 9.70. The van der Waals surface area contributed by atoms with Gasteiger partial charge in [-0.2, -0.15) is 0 Å². The lowest BCUT2D eigenvalue weighted by Gasteiger charge is -2.40. The van der Waals surface area contributed by atoms with Crippen LogP contribution in [-0.2, 0) is 25.5 Å². The van der Waals surface area contributed by atoms with E-state index in [9.17, 15) is 24.6 Å². The fourth-order valence-corrected chi connectivity index (χ4v) is 9.46. The van der Waals surface area contributed by atoms with Gasteiger partial charge >= 0.3 is 5.97 Å². The molecule has 1 aromatic carbocycles. The van der Waals surface area contributed by atoms with E-state index in [1.54, 1.807) is 11.0 Å². The maximum Gasteiger partial charge on any atom is 0.329 e. The van der Waals surface area contributed by atoms with Gasteiger partial charge in [0.2, 0.25) is 11.8 Å². The first-order chi connectivity index (χ1) is 19.7. The number of nitrogens with zero attached hydrogens (tertiary/aromatic N) is 1. The second-order valence-corrected chi connectivity index (χ2v) is 15.5. The lowest BCUT2D eigenvalue weighted by Crippen LogP contribution is -2.57. The van der Waals surface area contributed by atoms with Crippen LogP contribution in [0.5, 0.6) is 11.5 Å². The minimum atomic E-state index is -0.720. The molecule has 4 aliphatic carbocycles. The summed E-state index contributed by atoms with van der Waals surface area (Å²) in [6, 6.07) is 2.94. The van der Waals surface area contributed by atoms with Gasteiger partial charge in [-0.3, -0.25) is 9.59 Å². The quantitative estimate of drug-likeness (QED) is 0.306. The monoisotopic (exact) mass is 580 g/mol. The Morgan fingerprint density at radius 1 is 1.00 bits per heavy atom. The molecule has 2 amide bonds. The molecule has 8 heteroatoms. The van der Waals surface area contributed by atoms with Crippen LogP contribution in [0, 0.1) is 33.5 Å². The first kappa shape index (κ1) is 29.3. The SMILES string of the molecule is CC12CN(C(=O)C(NC(=O)Cc3ccc(O)c(O)c3)C3CCCCC3)C(C(=O)O[C@@H]3CC4CCC3(C)C4(C)C)C1(C)C2. The topological polar surface area (TPSA) is 116 Å². The number of phenols is 2. The molecule has 42 heavy (non-hydrogen) atoms. The van der Waals surface area contributed by atoms with Crippen LogP contribution in [0.15, 0.2) is 18.2 Å². The molecule has 1 saturated heterocycles. The predicted molar refractivity (Wildman–Crippen MR) is 157 cm³/mol. The Morgan fingerprint density at radius 2 is 1.71 bits per heavy atom. The summed E-state index contributed by atoms with van der Waals surface area (Å²) in [5.41, 5.74) is 0.124. The standard InChI is InChI=1S/C34H48N2O6/c1-31(2)22-13-14-33(31,4)25(17-22)42-30(41)28-34(5)18-32(34,3)19-36(28)29(40)27(21-9-7-6-8-10-21)35-26(39)16-20-11-12-23(37)24(38)15-20/h11-12,15,21-22,25,27-28,37-38H,6-10,13-14,16-19H2,1-5H3,(H,35,39)/t22?,25-,27?,28?,32?,33?,34?/m1/s1. The summed E-state index contributed by atoms with van der Waals surface area (Å²) in [4.78, 5) is 43.6. The average Bonchev–Trinajstić information content (AvgIpc) is 3.19. The predicted octanol–water partition coefficient (Wildman–Crippen LogP) is 5.09. The van der Waals surface area contributed by atoms with E-state index in [2.05, 4.69) is 39.9 Å². The summed E-state index contributed by atoms with van der Waals surface area (Å²) >= 11 is 0. The Balaban J connectivity index is 1.23. The molecule has 8 nitrogen and oxygen atoms in total. The molecule has 1 heterocycles.